The third-order valence-corrected chi connectivity index (χ3v) is 4.29. The maximum Gasteiger partial charge on any atom is 0.433 e. The van der Waals surface area contributed by atoms with Crippen LogP contribution in [-0.2, 0) is 16.2 Å². The first-order valence-corrected chi connectivity index (χ1v) is 7.76. The predicted octanol–water partition coefficient (Wildman–Crippen LogP) is 2.53. The topological polar surface area (TPSA) is 97.1 Å². The van der Waals surface area contributed by atoms with Crippen molar-refractivity contribution in [3.05, 3.63) is 42.1 Å². The van der Waals surface area contributed by atoms with Crippen molar-refractivity contribution < 1.29 is 21.6 Å². The Kier molecular flexibility index (Phi) is 4.37. The molecule has 0 radical (unpaired) electrons. The standard InChI is InChI=1S/C13H13F3N4O2S/c1-18-12-7-8(6-11(19-12)13(14,15)16)20-23(21,22)10-5-3-2-4-9(10)17/h2-7H,17H2,1H3,(H2,18,19,20). The molecule has 0 aliphatic carbocycles. The molecule has 0 unspecified atom stereocenters. The van der Waals surface area contributed by atoms with Crippen LogP contribution in [0.4, 0.5) is 30.4 Å². The van der Waals surface area contributed by atoms with E-state index >= 15 is 0 Å². The third kappa shape index (κ3) is 3.83. The SMILES string of the molecule is CNc1cc(NS(=O)(=O)c2ccccc2N)cc(C(F)(F)F)n1. The highest BCUT2D eigenvalue weighted by atomic mass is 32.2. The molecule has 6 nitrogen and oxygen atoms in total. The largest absolute Gasteiger partial charge is 0.433 e. The zero-order chi connectivity index (χ0) is 17.3. The number of benzene rings is 1. The summed E-state index contributed by atoms with van der Waals surface area (Å²) in [5.74, 6) is -0.126. The van der Waals surface area contributed by atoms with Gasteiger partial charge in [0.15, 0.2) is 0 Å². The Hall–Kier alpha value is -2.49. The molecule has 4 N–H and O–H groups in total. The van der Waals surface area contributed by atoms with Crippen LogP contribution in [0.25, 0.3) is 0 Å². The summed E-state index contributed by atoms with van der Waals surface area (Å²) in [6.45, 7) is 0. The average molecular weight is 346 g/mol. The molecule has 2 rings (SSSR count). The van der Waals surface area contributed by atoms with Gasteiger partial charge in [-0.2, -0.15) is 13.2 Å². The van der Waals surface area contributed by atoms with Crippen LogP contribution in [0.2, 0.25) is 0 Å². The number of pyridine rings is 1. The molecule has 0 atom stereocenters. The van der Waals surface area contributed by atoms with E-state index < -0.39 is 21.9 Å². The first-order chi connectivity index (χ1) is 10.6. The van der Waals surface area contributed by atoms with Gasteiger partial charge in [-0.15, -0.1) is 0 Å². The number of hydrogen-bond acceptors (Lipinski definition) is 5. The summed E-state index contributed by atoms with van der Waals surface area (Å²) in [7, 11) is -2.76. The number of anilines is 3. The summed E-state index contributed by atoms with van der Waals surface area (Å²) < 4.78 is 65.1. The van der Waals surface area contributed by atoms with E-state index in [0.29, 0.717) is 6.07 Å². The van der Waals surface area contributed by atoms with E-state index in [4.69, 9.17) is 5.73 Å². The van der Waals surface area contributed by atoms with Gasteiger partial charge in [-0.3, -0.25) is 4.72 Å². The Labute approximate surface area is 130 Å². The van der Waals surface area contributed by atoms with Crippen molar-refractivity contribution in [3.8, 4) is 0 Å². The molecule has 23 heavy (non-hydrogen) atoms. The van der Waals surface area contributed by atoms with Gasteiger partial charge in [0.25, 0.3) is 10.0 Å². The van der Waals surface area contributed by atoms with Gasteiger partial charge >= 0.3 is 6.18 Å². The van der Waals surface area contributed by atoms with Crippen molar-refractivity contribution in [1.29, 1.82) is 0 Å². The number of nitrogen functional groups attached to an aromatic ring is 1. The molecule has 0 saturated heterocycles. The van der Waals surface area contributed by atoms with Gasteiger partial charge in [0, 0.05) is 13.1 Å². The van der Waals surface area contributed by atoms with Crippen LogP contribution < -0.4 is 15.8 Å². The molecule has 2 aromatic rings. The molecule has 0 saturated carbocycles. The first-order valence-electron chi connectivity index (χ1n) is 6.28. The van der Waals surface area contributed by atoms with E-state index in [1.807, 2.05) is 0 Å². The van der Waals surface area contributed by atoms with E-state index in [1.165, 1.54) is 25.2 Å². The van der Waals surface area contributed by atoms with E-state index in [1.54, 1.807) is 6.07 Å². The van der Waals surface area contributed by atoms with Crippen LogP contribution in [0, 0.1) is 0 Å². The lowest BCUT2D eigenvalue weighted by Crippen LogP contribution is -2.16. The molecule has 0 fully saturated rings. The van der Waals surface area contributed by atoms with Gasteiger partial charge in [0.1, 0.15) is 16.4 Å². The molecular formula is C13H13F3N4O2S. The van der Waals surface area contributed by atoms with Crippen molar-refractivity contribution in [2.75, 3.05) is 22.8 Å². The maximum atomic E-state index is 12.8. The summed E-state index contributed by atoms with van der Waals surface area (Å²) >= 11 is 0. The van der Waals surface area contributed by atoms with Crippen LogP contribution >= 0.6 is 0 Å². The highest BCUT2D eigenvalue weighted by Crippen LogP contribution is 2.31. The van der Waals surface area contributed by atoms with Gasteiger partial charge < -0.3 is 11.1 Å². The summed E-state index contributed by atoms with van der Waals surface area (Å²) in [6, 6.07) is 7.38. The number of nitrogens with two attached hydrogens (primary N) is 1. The molecule has 0 spiro atoms. The number of aromatic nitrogens is 1. The predicted molar refractivity (Wildman–Crippen MR) is 80.4 cm³/mol. The van der Waals surface area contributed by atoms with Crippen LogP contribution in [0.5, 0.6) is 0 Å². The lowest BCUT2D eigenvalue weighted by Gasteiger charge is -2.13. The Morgan fingerprint density at radius 3 is 2.39 bits per heavy atom. The highest BCUT2D eigenvalue weighted by molar-refractivity contribution is 7.92. The van der Waals surface area contributed by atoms with E-state index in [2.05, 4.69) is 15.0 Å². The number of nitrogens with one attached hydrogen (secondary N) is 2. The van der Waals surface area contributed by atoms with E-state index in [0.717, 1.165) is 6.07 Å². The van der Waals surface area contributed by atoms with Gasteiger partial charge in [0.05, 0.1) is 11.4 Å². The summed E-state index contributed by atoms with van der Waals surface area (Å²) in [5.41, 5.74) is 4.08. The van der Waals surface area contributed by atoms with Gasteiger partial charge in [-0.1, -0.05) is 12.1 Å². The first kappa shape index (κ1) is 16.9. The smallest absolute Gasteiger partial charge is 0.398 e. The Bertz CT molecular complexity index is 822. The van der Waals surface area contributed by atoms with E-state index in [-0.39, 0.29) is 22.1 Å². The van der Waals surface area contributed by atoms with Crippen molar-refractivity contribution in [1.82, 2.24) is 4.98 Å². The monoisotopic (exact) mass is 346 g/mol. The molecule has 1 aromatic heterocycles. The number of rotatable bonds is 4. The second-order valence-electron chi connectivity index (χ2n) is 4.52. The number of para-hydroxylation sites is 1. The molecule has 0 aliphatic heterocycles. The fraction of sp³-hybridized carbons (Fsp3) is 0.154. The van der Waals surface area contributed by atoms with Gasteiger partial charge in [-0.25, -0.2) is 13.4 Å². The molecule has 10 heteroatoms. The molecule has 0 amide bonds. The minimum absolute atomic E-state index is 0.0149. The normalized spacial score (nSPS) is 12.0. The summed E-state index contributed by atoms with van der Waals surface area (Å²) in [6.07, 6.45) is -4.71. The van der Waals surface area contributed by atoms with Gasteiger partial charge in [-0.05, 0) is 18.2 Å². The molecule has 124 valence electrons. The summed E-state index contributed by atoms with van der Waals surface area (Å²) in [4.78, 5) is 3.12. The molecular weight excluding hydrogens is 333 g/mol. The lowest BCUT2D eigenvalue weighted by molar-refractivity contribution is -0.141. The number of nitrogens with zero attached hydrogens (tertiary/aromatic N) is 1. The minimum Gasteiger partial charge on any atom is -0.398 e. The fourth-order valence-electron chi connectivity index (χ4n) is 1.80. The fourth-order valence-corrected chi connectivity index (χ4v) is 2.97. The quantitative estimate of drug-likeness (QED) is 0.739. The Morgan fingerprint density at radius 1 is 1.17 bits per heavy atom. The lowest BCUT2D eigenvalue weighted by atomic mass is 10.3. The van der Waals surface area contributed by atoms with Crippen molar-refractivity contribution in [2.24, 2.45) is 0 Å². The molecule has 0 aliphatic rings. The van der Waals surface area contributed by atoms with Crippen LogP contribution in [-0.4, -0.2) is 20.4 Å². The number of hydrogen-bond donors (Lipinski definition) is 3. The molecule has 0 bridgehead atoms. The zero-order valence-electron chi connectivity index (χ0n) is 11.8. The Balaban J connectivity index is 2.45. The highest BCUT2D eigenvalue weighted by Gasteiger charge is 2.33. The van der Waals surface area contributed by atoms with Crippen molar-refractivity contribution >= 4 is 27.2 Å². The molecule has 1 heterocycles. The minimum atomic E-state index is -4.71. The maximum absolute atomic E-state index is 12.8. The number of halogens is 3. The van der Waals surface area contributed by atoms with E-state index in [9.17, 15) is 21.6 Å². The van der Waals surface area contributed by atoms with Crippen molar-refractivity contribution in [2.45, 2.75) is 11.1 Å². The van der Waals surface area contributed by atoms with Crippen LogP contribution in [0.15, 0.2) is 41.3 Å². The second kappa shape index (κ2) is 5.95. The van der Waals surface area contributed by atoms with Crippen LogP contribution in [0.1, 0.15) is 5.69 Å². The zero-order valence-corrected chi connectivity index (χ0v) is 12.7. The number of alkyl halides is 3. The Morgan fingerprint density at radius 2 is 1.83 bits per heavy atom. The second-order valence-corrected chi connectivity index (χ2v) is 6.17. The van der Waals surface area contributed by atoms with Crippen molar-refractivity contribution in [3.63, 3.8) is 0 Å². The van der Waals surface area contributed by atoms with Crippen LogP contribution in [0.3, 0.4) is 0 Å². The average Bonchev–Trinajstić information content (AvgIpc) is 2.45. The molecule has 1 aromatic carbocycles. The summed E-state index contributed by atoms with van der Waals surface area (Å²) in [5, 5.41) is 2.45. The van der Waals surface area contributed by atoms with Gasteiger partial charge in [0.2, 0.25) is 0 Å². The third-order valence-electron chi connectivity index (χ3n) is 2.83. The number of sulfonamides is 1.